The second-order valence-corrected chi connectivity index (χ2v) is 2.96. The molecule has 0 atom stereocenters. The molecule has 68 valence electrons. The van der Waals surface area contributed by atoms with Crippen LogP contribution in [0.3, 0.4) is 0 Å². The molecule has 0 saturated carbocycles. The summed E-state index contributed by atoms with van der Waals surface area (Å²) in [5.41, 5.74) is 0. The summed E-state index contributed by atoms with van der Waals surface area (Å²) in [6.07, 6.45) is 1.28. The van der Waals surface area contributed by atoms with Crippen LogP contribution in [-0.4, -0.2) is 30.4 Å². The Morgan fingerprint density at radius 1 is 1.50 bits per heavy atom. The maximum absolute atomic E-state index is 11.2. The molecule has 1 aliphatic heterocycles. The van der Waals surface area contributed by atoms with Gasteiger partial charge in [0.05, 0.1) is 12.5 Å². The molecule has 0 unspecified atom stereocenters. The first-order valence-electron chi connectivity index (χ1n) is 4.32. The standard InChI is InChI=1S/C8H14NO3/c1-2-12-8(10)7-3-5-9(11)6-4-7/h7H,2-6H2,1H3/q+1. The number of hydrogen-bond donors (Lipinski definition) is 0. The minimum absolute atomic E-state index is 0.0462. The fourth-order valence-corrected chi connectivity index (χ4v) is 1.35. The number of piperidine rings is 1. The first-order chi connectivity index (χ1) is 5.74. The SMILES string of the molecule is CCOC(=O)C1CC[N+](=O)CC1. The Labute approximate surface area is 71.5 Å². The highest BCUT2D eigenvalue weighted by atomic mass is 16.5. The molecule has 0 aliphatic carbocycles. The van der Waals surface area contributed by atoms with E-state index >= 15 is 0 Å². The topological polar surface area (TPSA) is 46.4 Å². The fraction of sp³-hybridized carbons (Fsp3) is 0.875. The van der Waals surface area contributed by atoms with Gasteiger partial charge in [-0.1, -0.05) is 0 Å². The lowest BCUT2D eigenvalue weighted by molar-refractivity contribution is -0.560. The highest BCUT2D eigenvalue weighted by Gasteiger charge is 2.29. The van der Waals surface area contributed by atoms with Crippen LogP contribution in [0.4, 0.5) is 0 Å². The van der Waals surface area contributed by atoms with E-state index in [0.29, 0.717) is 32.5 Å². The Hall–Kier alpha value is -0.930. The zero-order valence-electron chi connectivity index (χ0n) is 7.28. The molecule has 0 spiro atoms. The summed E-state index contributed by atoms with van der Waals surface area (Å²) in [6, 6.07) is 0. The maximum Gasteiger partial charge on any atom is 0.309 e. The molecule has 0 aromatic carbocycles. The van der Waals surface area contributed by atoms with Crippen LogP contribution in [0.5, 0.6) is 0 Å². The van der Waals surface area contributed by atoms with E-state index in [1.807, 2.05) is 0 Å². The highest BCUT2D eigenvalue weighted by Crippen LogP contribution is 2.15. The minimum Gasteiger partial charge on any atom is -0.466 e. The van der Waals surface area contributed by atoms with Crippen LogP contribution in [0.15, 0.2) is 0 Å². The van der Waals surface area contributed by atoms with Crippen LogP contribution >= 0.6 is 0 Å². The number of carbonyl (C=O) groups is 1. The molecule has 4 heteroatoms. The lowest BCUT2D eigenvalue weighted by Gasteiger charge is -2.14. The number of esters is 1. The average Bonchev–Trinajstić information content (AvgIpc) is 2.06. The molecular weight excluding hydrogens is 158 g/mol. The Kier molecular flexibility index (Phi) is 3.19. The third-order valence-corrected chi connectivity index (χ3v) is 2.07. The minimum atomic E-state index is -0.148. The van der Waals surface area contributed by atoms with Crippen molar-refractivity contribution >= 4 is 5.97 Å². The summed E-state index contributed by atoms with van der Waals surface area (Å²) >= 11 is 0. The van der Waals surface area contributed by atoms with Crippen molar-refractivity contribution in [3.63, 3.8) is 0 Å². The van der Waals surface area contributed by atoms with E-state index in [9.17, 15) is 9.70 Å². The van der Waals surface area contributed by atoms with Crippen molar-refractivity contribution in [3.05, 3.63) is 4.91 Å². The second kappa shape index (κ2) is 4.18. The lowest BCUT2D eigenvalue weighted by Crippen LogP contribution is -2.30. The van der Waals surface area contributed by atoms with Gasteiger partial charge in [0.2, 0.25) is 0 Å². The molecule has 0 bridgehead atoms. The van der Waals surface area contributed by atoms with Gasteiger partial charge in [0.1, 0.15) is 0 Å². The first-order valence-corrected chi connectivity index (χ1v) is 4.32. The normalized spacial score (nSPS) is 19.2. The number of hydrogen-bond acceptors (Lipinski definition) is 3. The van der Waals surface area contributed by atoms with Gasteiger partial charge in [-0.2, -0.15) is 0 Å². The summed E-state index contributed by atoms with van der Waals surface area (Å²) in [4.78, 5) is 21.9. The predicted octanol–water partition coefficient (Wildman–Crippen LogP) is 0.738. The maximum atomic E-state index is 11.2. The van der Waals surface area contributed by atoms with Gasteiger partial charge in [0.25, 0.3) is 0 Å². The van der Waals surface area contributed by atoms with Crippen LogP contribution < -0.4 is 0 Å². The molecule has 4 nitrogen and oxygen atoms in total. The molecule has 1 heterocycles. The molecule has 0 radical (unpaired) electrons. The summed E-state index contributed by atoms with van der Waals surface area (Å²) in [6.45, 7) is 3.14. The van der Waals surface area contributed by atoms with Gasteiger partial charge in [-0.05, 0) is 11.7 Å². The predicted molar refractivity (Wildman–Crippen MR) is 42.7 cm³/mol. The molecule has 12 heavy (non-hydrogen) atoms. The third-order valence-electron chi connectivity index (χ3n) is 2.07. The highest BCUT2D eigenvalue weighted by molar-refractivity contribution is 5.72. The molecule has 0 N–H and O–H groups in total. The number of rotatable bonds is 2. The van der Waals surface area contributed by atoms with Crippen molar-refractivity contribution in [2.24, 2.45) is 5.92 Å². The van der Waals surface area contributed by atoms with Crippen molar-refractivity contribution in [2.75, 3.05) is 19.7 Å². The van der Waals surface area contributed by atoms with Crippen LogP contribution in [0.2, 0.25) is 0 Å². The van der Waals surface area contributed by atoms with E-state index in [4.69, 9.17) is 4.74 Å². The summed E-state index contributed by atoms with van der Waals surface area (Å²) in [7, 11) is 0. The van der Waals surface area contributed by atoms with Gasteiger partial charge >= 0.3 is 5.97 Å². The van der Waals surface area contributed by atoms with Gasteiger partial charge in [-0.15, -0.1) is 0 Å². The molecular formula is C8H14NO3+. The second-order valence-electron chi connectivity index (χ2n) is 2.96. The Morgan fingerprint density at radius 2 is 2.08 bits per heavy atom. The van der Waals surface area contributed by atoms with Gasteiger partial charge in [0, 0.05) is 17.7 Å². The number of carbonyl (C=O) groups excluding carboxylic acids is 1. The van der Waals surface area contributed by atoms with E-state index in [0.717, 1.165) is 4.76 Å². The van der Waals surface area contributed by atoms with E-state index in [1.165, 1.54) is 0 Å². The quantitative estimate of drug-likeness (QED) is 0.456. The molecule has 1 rings (SSSR count). The Morgan fingerprint density at radius 3 is 2.58 bits per heavy atom. The molecule has 0 aromatic rings. The van der Waals surface area contributed by atoms with Crippen LogP contribution in [0.1, 0.15) is 19.8 Å². The largest absolute Gasteiger partial charge is 0.466 e. The van der Waals surface area contributed by atoms with E-state index in [-0.39, 0.29) is 11.9 Å². The van der Waals surface area contributed by atoms with Crippen molar-refractivity contribution in [2.45, 2.75) is 19.8 Å². The van der Waals surface area contributed by atoms with Crippen LogP contribution in [0.25, 0.3) is 0 Å². The van der Waals surface area contributed by atoms with Gasteiger partial charge in [-0.25, -0.2) is 0 Å². The van der Waals surface area contributed by atoms with Crippen molar-refractivity contribution in [1.82, 2.24) is 0 Å². The van der Waals surface area contributed by atoms with Crippen LogP contribution in [0, 0.1) is 10.8 Å². The summed E-state index contributed by atoms with van der Waals surface area (Å²) in [5, 5.41) is 0. The molecule has 1 aliphatic rings. The Bertz CT molecular complexity index is 181. The molecule has 0 amide bonds. The van der Waals surface area contributed by atoms with Crippen molar-refractivity contribution in [1.29, 1.82) is 0 Å². The van der Waals surface area contributed by atoms with Gasteiger partial charge in [0.15, 0.2) is 13.1 Å². The number of nitrogens with zero attached hydrogens (tertiary/aromatic N) is 1. The lowest BCUT2D eigenvalue weighted by atomic mass is 9.98. The smallest absolute Gasteiger partial charge is 0.309 e. The zero-order chi connectivity index (χ0) is 8.97. The third kappa shape index (κ3) is 2.29. The monoisotopic (exact) mass is 172 g/mol. The molecule has 1 saturated heterocycles. The molecule has 1 fully saturated rings. The van der Waals surface area contributed by atoms with E-state index < -0.39 is 0 Å². The van der Waals surface area contributed by atoms with E-state index in [2.05, 4.69) is 0 Å². The Balaban J connectivity index is 2.33. The number of ether oxygens (including phenoxy) is 1. The fourth-order valence-electron chi connectivity index (χ4n) is 1.35. The first kappa shape index (κ1) is 9.16. The van der Waals surface area contributed by atoms with Crippen LogP contribution in [-0.2, 0) is 9.53 Å². The van der Waals surface area contributed by atoms with Crippen molar-refractivity contribution < 1.29 is 14.3 Å². The summed E-state index contributed by atoms with van der Waals surface area (Å²) in [5.74, 6) is -0.194. The van der Waals surface area contributed by atoms with Gasteiger partial charge in [-0.3, -0.25) is 4.79 Å². The number of nitroso groups, excluding NO2 is 1. The average molecular weight is 172 g/mol. The zero-order valence-corrected chi connectivity index (χ0v) is 7.28. The molecule has 0 aromatic heterocycles. The van der Waals surface area contributed by atoms with Crippen molar-refractivity contribution in [3.8, 4) is 0 Å². The summed E-state index contributed by atoms with van der Waals surface area (Å²) < 4.78 is 5.85. The van der Waals surface area contributed by atoms with E-state index in [1.54, 1.807) is 6.92 Å². The van der Waals surface area contributed by atoms with Gasteiger partial charge < -0.3 is 4.74 Å².